The van der Waals surface area contributed by atoms with E-state index in [4.69, 9.17) is 10.5 Å². The molecule has 5 N–H and O–H groups in total. The van der Waals surface area contributed by atoms with Crippen LogP contribution in [0.15, 0.2) is 46.5 Å². The molecule has 1 aromatic rings. The quantitative estimate of drug-likeness (QED) is 0.524. The maximum atomic E-state index is 13.7. The highest BCUT2D eigenvalue weighted by atomic mass is 19.1. The number of hydrogen-bond acceptors (Lipinski definition) is 6. The van der Waals surface area contributed by atoms with Crippen molar-refractivity contribution in [2.45, 2.75) is 26.5 Å². The molecule has 1 unspecified atom stereocenters. The third-order valence-corrected chi connectivity index (χ3v) is 4.16. The summed E-state index contributed by atoms with van der Waals surface area (Å²) >= 11 is 0. The lowest BCUT2D eigenvalue weighted by molar-refractivity contribution is -0.109. The lowest BCUT2D eigenvalue weighted by atomic mass is 10.2. The van der Waals surface area contributed by atoms with Crippen molar-refractivity contribution in [2.75, 3.05) is 13.1 Å². The van der Waals surface area contributed by atoms with Crippen molar-refractivity contribution in [3.8, 4) is 5.75 Å². The molecule has 0 spiro atoms. The maximum Gasteiger partial charge on any atom is 0.207 e. The number of nitrogens with one attached hydrogen (secondary N) is 3. The molecular weight excluding hydrogens is 351 g/mol. The van der Waals surface area contributed by atoms with Gasteiger partial charge in [0.05, 0.1) is 25.3 Å². The SMILES string of the molecule is CC1=CN2NCC(N)=C2NC1=NCc1cc(F)ccc1OC(C)CNC=O. The highest BCUT2D eigenvalue weighted by molar-refractivity contribution is 5.99. The van der Waals surface area contributed by atoms with Gasteiger partial charge in [-0.25, -0.2) is 9.82 Å². The van der Waals surface area contributed by atoms with E-state index in [2.05, 4.69) is 21.1 Å². The molecule has 9 heteroatoms. The van der Waals surface area contributed by atoms with Crippen LogP contribution < -0.4 is 26.5 Å². The van der Waals surface area contributed by atoms with Gasteiger partial charge in [-0.2, -0.15) is 0 Å². The Morgan fingerprint density at radius 2 is 2.33 bits per heavy atom. The van der Waals surface area contributed by atoms with E-state index in [-0.39, 0.29) is 18.5 Å². The van der Waals surface area contributed by atoms with E-state index in [1.165, 1.54) is 12.1 Å². The number of ether oxygens (including phenoxy) is 1. The molecule has 0 fully saturated rings. The van der Waals surface area contributed by atoms with Crippen LogP contribution in [0.1, 0.15) is 19.4 Å². The Kier molecular flexibility index (Phi) is 5.60. The first-order valence-corrected chi connectivity index (χ1v) is 8.61. The van der Waals surface area contributed by atoms with E-state index >= 15 is 0 Å². The Bertz CT molecular complexity index is 820. The predicted octanol–water partition coefficient (Wildman–Crippen LogP) is 0.693. The number of benzene rings is 1. The van der Waals surface area contributed by atoms with Crippen LogP contribution in [0.2, 0.25) is 0 Å². The minimum absolute atomic E-state index is 0.231. The molecule has 0 radical (unpaired) electrons. The van der Waals surface area contributed by atoms with Gasteiger partial charge in [0.25, 0.3) is 0 Å². The highest BCUT2D eigenvalue weighted by Crippen LogP contribution is 2.23. The monoisotopic (exact) mass is 374 g/mol. The first kappa shape index (κ1) is 18.7. The van der Waals surface area contributed by atoms with Gasteiger partial charge in [-0.1, -0.05) is 0 Å². The zero-order chi connectivity index (χ0) is 19.4. The first-order valence-electron chi connectivity index (χ1n) is 8.61. The molecule has 8 nitrogen and oxygen atoms in total. The third kappa shape index (κ3) is 4.37. The smallest absolute Gasteiger partial charge is 0.207 e. The predicted molar refractivity (Wildman–Crippen MR) is 99.6 cm³/mol. The van der Waals surface area contributed by atoms with Gasteiger partial charge in [0, 0.05) is 17.3 Å². The van der Waals surface area contributed by atoms with E-state index in [9.17, 15) is 9.18 Å². The summed E-state index contributed by atoms with van der Waals surface area (Å²) in [6.45, 7) is 4.90. The van der Waals surface area contributed by atoms with Gasteiger partial charge in [0.1, 0.15) is 29.3 Å². The Morgan fingerprint density at radius 3 is 3.11 bits per heavy atom. The Labute approximate surface area is 156 Å². The molecule has 27 heavy (non-hydrogen) atoms. The van der Waals surface area contributed by atoms with Crippen LogP contribution in [0, 0.1) is 5.82 Å². The topological polar surface area (TPSA) is 104 Å². The van der Waals surface area contributed by atoms with Gasteiger partial charge in [0.15, 0.2) is 0 Å². The molecular formula is C18H23FN6O2. The van der Waals surface area contributed by atoms with Gasteiger partial charge < -0.3 is 21.1 Å². The van der Waals surface area contributed by atoms with Gasteiger partial charge >= 0.3 is 0 Å². The van der Waals surface area contributed by atoms with Crippen LogP contribution in [0.5, 0.6) is 5.75 Å². The van der Waals surface area contributed by atoms with Gasteiger partial charge in [-0.3, -0.25) is 14.8 Å². The maximum absolute atomic E-state index is 13.7. The van der Waals surface area contributed by atoms with Crippen LogP contribution in [0.3, 0.4) is 0 Å². The molecule has 1 aromatic carbocycles. The zero-order valence-electron chi connectivity index (χ0n) is 15.3. The number of aliphatic imine (C=N–C) groups is 1. The van der Waals surface area contributed by atoms with Crippen molar-refractivity contribution in [1.29, 1.82) is 0 Å². The van der Waals surface area contributed by atoms with E-state index in [1.807, 2.05) is 25.1 Å². The van der Waals surface area contributed by atoms with Gasteiger partial charge in [-0.15, -0.1) is 0 Å². The van der Waals surface area contributed by atoms with E-state index in [1.54, 1.807) is 6.07 Å². The van der Waals surface area contributed by atoms with Crippen molar-refractivity contribution in [3.63, 3.8) is 0 Å². The molecule has 2 heterocycles. The summed E-state index contributed by atoms with van der Waals surface area (Å²) in [5.41, 5.74) is 11.3. The summed E-state index contributed by atoms with van der Waals surface area (Å²) in [6.07, 6.45) is 2.26. The number of hydrogen-bond donors (Lipinski definition) is 4. The standard InChI is InChI=1S/C18H23FN6O2/c1-11-9-25-18(15(20)8-23-25)24-17(11)22-7-13-5-14(19)3-4-16(13)27-12(2)6-21-10-26/h3-5,9-10,12,23H,6-8,20H2,1-2H3,(H,21,26)(H,22,24). The number of rotatable bonds is 7. The largest absolute Gasteiger partial charge is 0.489 e. The summed E-state index contributed by atoms with van der Waals surface area (Å²) in [4.78, 5) is 15.0. The van der Waals surface area contributed by atoms with Gasteiger partial charge in [-0.05, 0) is 32.0 Å². The molecule has 0 aliphatic carbocycles. The number of nitrogens with zero attached hydrogens (tertiary/aromatic N) is 2. The van der Waals surface area contributed by atoms with Crippen molar-refractivity contribution < 1.29 is 13.9 Å². The average molecular weight is 374 g/mol. The fraction of sp³-hybridized carbons (Fsp3) is 0.333. The molecule has 144 valence electrons. The first-order chi connectivity index (χ1) is 13.0. The second-order valence-corrected chi connectivity index (χ2v) is 6.39. The van der Waals surface area contributed by atoms with Crippen LogP contribution >= 0.6 is 0 Å². The minimum Gasteiger partial charge on any atom is -0.489 e. The number of halogens is 1. The van der Waals surface area contributed by atoms with Gasteiger partial charge in [0.2, 0.25) is 6.41 Å². The van der Waals surface area contributed by atoms with Crippen LogP contribution in [-0.2, 0) is 11.3 Å². The van der Waals surface area contributed by atoms with E-state index in [0.29, 0.717) is 42.3 Å². The molecule has 1 amide bonds. The number of nitrogens with two attached hydrogens (primary N) is 1. The molecule has 1 atom stereocenters. The molecule has 0 saturated carbocycles. The molecule has 0 saturated heterocycles. The highest BCUT2D eigenvalue weighted by Gasteiger charge is 2.25. The second-order valence-electron chi connectivity index (χ2n) is 6.39. The van der Waals surface area contributed by atoms with Crippen molar-refractivity contribution in [2.24, 2.45) is 10.7 Å². The van der Waals surface area contributed by atoms with E-state index < -0.39 is 0 Å². The Hall–Kier alpha value is -3.07. The fourth-order valence-electron chi connectivity index (χ4n) is 2.79. The molecule has 0 aromatic heterocycles. The summed E-state index contributed by atoms with van der Waals surface area (Å²) in [5, 5.41) is 7.59. The summed E-state index contributed by atoms with van der Waals surface area (Å²) in [6, 6.07) is 4.31. The second kappa shape index (κ2) is 8.09. The van der Waals surface area contributed by atoms with Crippen LogP contribution in [0.4, 0.5) is 4.39 Å². The normalized spacial score (nSPS) is 18.7. The summed E-state index contributed by atoms with van der Waals surface area (Å²) in [7, 11) is 0. The molecule has 3 rings (SSSR count). The number of fused-ring (bicyclic) bond motifs is 1. The van der Waals surface area contributed by atoms with Crippen LogP contribution in [-0.4, -0.2) is 36.4 Å². The number of carbonyl (C=O) groups excluding carboxylic acids is 1. The Morgan fingerprint density at radius 1 is 1.52 bits per heavy atom. The number of carbonyl (C=O) groups is 1. The molecule has 0 bridgehead atoms. The lowest BCUT2D eigenvalue weighted by Crippen LogP contribution is -2.40. The Balaban J connectivity index is 1.78. The summed E-state index contributed by atoms with van der Waals surface area (Å²) in [5.74, 6) is 1.59. The minimum atomic E-state index is -0.363. The zero-order valence-corrected chi connectivity index (χ0v) is 15.3. The lowest BCUT2D eigenvalue weighted by Gasteiger charge is -2.26. The number of amides is 1. The average Bonchev–Trinajstić information content (AvgIpc) is 2.99. The van der Waals surface area contributed by atoms with Crippen molar-refractivity contribution >= 4 is 12.2 Å². The van der Waals surface area contributed by atoms with Crippen molar-refractivity contribution in [1.82, 2.24) is 21.1 Å². The van der Waals surface area contributed by atoms with Crippen molar-refractivity contribution in [3.05, 3.63) is 52.9 Å². The summed E-state index contributed by atoms with van der Waals surface area (Å²) < 4.78 is 19.5. The number of hydrazine groups is 1. The third-order valence-electron chi connectivity index (χ3n) is 4.16. The van der Waals surface area contributed by atoms with Crippen LogP contribution in [0.25, 0.3) is 0 Å². The fourth-order valence-corrected chi connectivity index (χ4v) is 2.79. The molecule has 2 aliphatic rings. The number of amidine groups is 1. The van der Waals surface area contributed by atoms with E-state index in [0.717, 1.165) is 11.4 Å². The molecule has 2 aliphatic heterocycles.